The van der Waals surface area contributed by atoms with Crippen molar-refractivity contribution in [2.24, 2.45) is 5.73 Å². The highest BCUT2D eigenvalue weighted by molar-refractivity contribution is 5.81. The Morgan fingerprint density at radius 3 is 2.71 bits per heavy atom. The molecule has 17 heavy (non-hydrogen) atoms. The lowest BCUT2D eigenvalue weighted by Gasteiger charge is -2.17. The van der Waals surface area contributed by atoms with Crippen LogP contribution in [-0.2, 0) is 4.79 Å². The van der Waals surface area contributed by atoms with Crippen molar-refractivity contribution in [2.45, 2.75) is 32.4 Å². The van der Waals surface area contributed by atoms with E-state index in [1.54, 1.807) is 13.8 Å². The smallest absolute Gasteiger partial charge is 0.237 e. The van der Waals surface area contributed by atoms with Crippen LogP contribution in [0.5, 0.6) is 0 Å². The Labute approximate surface area is 99.0 Å². The molecule has 1 aromatic carbocycles. The standard InChI is InChI=1S/C12H16F2N2O/c1-3-11(15)12(17)16-7(2)9-6-8(13)4-5-10(9)14/h4-7,11H,3,15H2,1-2H3,(H,16,17). The number of hydrogen-bond acceptors (Lipinski definition) is 2. The number of nitrogens with one attached hydrogen (secondary N) is 1. The van der Waals surface area contributed by atoms with Crippen LogP contribution < -0.4 is 11.1 Å². The molecule has 0 aliphatic rings. The molecule has 5 heteroatoms. The zero-order chi connectivity index (χ0) is 13.0. The second kappa shape index (κ2) is 5.72. The van der Waals surface area contributed by atoms with Gasteiger partial charge in [0.1, 0.15) is 11.6 Å². The van der Waals surface area contributed by atoms with Crippen molar-refractivity contribution in [3.8, 4) is 0 Å². The Kier molecular flexibility index (Phi) is 4.57. The molecule has 0 saturated heterocycles. The van der Waals surface area contributed by atoms with Crippen LogP contribution in [0, 0.1) is 11.6 Å². The van der Waals surface area contributed by atoms with Gasteiger partial charge < -0.3 is 11.1 Å². The normalized spacial score (nSPS) is 14.2. The summed E-state index contributed by atoms with van der Waals surface area (Å²) in [6, 6.07) is 1.89. The molecule has 0 aromatic heterocycles. The molecule has 0 aliphatic heterocycles. The van der Waals surface area contributed by atoms with Gasteiger partial charge in [-0.3, -0.25) is 4.79 Å². The monoisotopic (exact) mass is 242 g/mol. The second-order valence-electron chi connectivity index (χ2n) is 3.91. The van der Waals surface area contributed by atoms with Crippen LogP contribution in [-0.4, -0.2) is 11.9 Å². The maximum Gasteiger partial charge on any atom is 0.237 e. The Bertz CT molecular complexity index is 409. The van der Waals surface area contributed by atoms with Gasteiger partial charge in [0, 0.05) is 5.56 Å². The molecule has 0 saturated carbocycles. The Morgan fingerprint density at radius 2 is 2.12 bits per heavy atom. The van der Waals surface area contributed by atoms with E-state index >= 15 is 0 Å². The summed E-state index contributed by atoms with van der Waals surface area (Å²) in [6.45, 7) is 3.36. The topological polar surface area (TPSA) is 55.1 Å². The first-order valence-corrected chi connectivity index (χ1v) is 5.46. The predicted octanol–water partition coefficient (Wildman–Crippen LogP) is 1.88. The van der Waals surface area contributed by atoms with E-state index < -0.39 is 23.7 Å². The zero-order valence-electron chi connectivity index (χ0n) is 9.84. The number of benzene rings is 1. The van der Waals surface area contributed by atoms with Crippen molar-refractivity contribution in [2.75, 3.05) is 0 Å². The fraction of sp³-hybridized carbons (Fsp3) is 0.417. The third-order valence-corrected chi connectivity index (χ3v) is 2.56. The number of nitrogens with two attached hydrogens (primary N) is 1. The number of carbonyl (C=O) groups excluding carboxylic acids is 1. The molecule has 0 heterocycles. The van der Waals surface area contributed by atoms with Crippen LogP contribution in [0.25, 0.3) is 0 Å². The number of rotatable bonds is 4. The third kappa shape index (κ3) is 3.49. The maximum atomic E-state index is 13.4. The Balaban J connectivity index is 2.79. The first kappa shape index (κ1) is 13.6. The number of hydrogen-bond donors (Lipinski definition) is 2. The van der Waals surface area contributed by atoms with Gasteiger partial charge in [-0.15, -0.1) is 0 Å². The molecule has 2 unspecified atom stereocenters. The fourth-order valence-corrected chi connectivity index (χ4v) is 1.43. The molecule has 1 amide bonds. The van der Waals surface area contributed by atoms with E-state index in [9.17, 15) is 13.6 Å². The van der Waals surface area contributed by atoms with Crippen molar-refractivity contribution in [3.63, 3.8) is 0 Å². The molecular weight excluding hydrogens is 226 g/mol. The van der Waals surface area contributed by atoms with Crippen molar-refractivity contribution >= 4 is 5.91 Å². The molecule has 3 nitrogen and oxygen atoms in total. The van der Waals surface area contributed by atoms with Gasteiger partial charge in [0.15, 0.2) is 0 Å². The lowest BCUT2D eigenvalue weighted by molar-refractivity contribution is -0.123. The van der Waals surface area contributed by atoms with E-state index in [1.807, 2.05) is 0 Å². The average molecular weight is 242 g/mol. The highest BCUT2D eigenvalue weighted by atomic mass is 19.1. The van der Waals surface area contributed by atoms with Crippen LogP contribution in [0.4, 0.5) is 8.78 Å². The predicted molar refractivity (Wildman–Crippen MR) is 61.2 cm³/mol. The minimum absolute atomic E-state index is 0.113. The SMILES string of the molecule is CCC(N)C(=O)NC(C)c1cc(F)ccc1F. The Morgan fingerprint density at radius 1 is 1.47 bits per heavy atom. The summed E-state index contributed by atoms with van der Waals surface area (Å²) in [5.41, 5.74) is 5.64. The van der Waals surface area contributed by atoms with Crippen molar-refractivity contribution in [3.05, 3.63) is 35.4 Å². The van der Waals surface area contributed by atoms with E-state index in [0.29, 0.717) is 6.42 Å². The van der Waals surface area contributed by atoms with Gasteiger partial charge in [0.2, 0.25) is 5.91 Å². The maximum absolute atomic E-state index is 13.4. The summed E-state index contributed by atoms with van der Waals surface area (Å²) in [4.78, 5) is 11.5. The van der Waals surface area contributed by atoms with Crippen LogP contribution in [0.1, 0.15) is 31.9 Å². The van der Waals surface area contributed by atoms with E-state index in [2.05, 4.69) is 5.32 Å². The number of halogens is 2. The molecule has 0 radical (unpaired) electrons. The van der Waals surface area contributed by atoms with Crippen LogP contribution in [0.15, 0.2) is 18.2 Å². The van der Waals surface area contributed by atoms with E-state index in [1.165, 1.54) is 0 Å². The fourth-order valence-electron chi connectivity index (χ4n) is 1.43. The summed E-state index contributed by atoms with van der Waals surface area (Å²) in [7, 11) is 0. The minimum Gasteiger partial charge on any atom is -0.348 e. The summed E-state index contributed by atoms with van der Waals surface area (Å²) in [6.07, 6.45) is 0.490. The van der Waals surface area contributed by atoms with Crippen LogP contribution in [0.2, 0.25) is 0 Å². The van der Waals surface area contributed by atoms with Gasteiger partial charge >= 0.3 is 0 Å². The summed E-state index contributed by atoms with van der Waals surface area (Å²) < 4.78 is 26.4. The van der Waals surface area contributed by atoms with Gasteiger partial charge in [0.05, 0.1) is 12.1 Å². The third-order valence-electron chi connectivity index (χ3n) is 2.56. The van der Waals surface area contributed by atoms with Gasteiger partial charge in [-0.1, -0.05) is 6.92 Å². The first-order chi connectivity index (χ1) is 7.95. The van der Waals surface area contributed by atoms with Crippen molar-refractivity contribution in [1.29, 1.82) is 0 Å². The van der Waals surface area contributed by atoms with E-state index in [0.717, 1.165) is 18.2 Å². The summed E-state index contributed by atoms with van der Waals surface area (Å²) in [5, 5.41) is 2.54. The summed E-state index contributed by atoms with van der Waals surface area (Å²) >= 11 is 0. The van der Waals surface area contributed by atoms with Crippen LogP contribution >= 0.6 is 0 Å². The quantitative estimate of drug-likeness (QED) is 0.847. The number of amides is 1. The number of carbonyl (C=O) groups is 1. The van der Waals surface area contributed by atoms with Gasteiger partial charge in [-0.05, 0) is 31.5 Å². The second-order valence-corrected chi connectivity index (χ2v) is 3.91. The lowest BCUT2D eigenvalue weighted by atomic mass is 10.1. The summed E-state index contributed by atoms with van der Waals surface area (Å²) in [5.74, 6) is -1.46. The molecule has 0 aliphatic carbocycles. The van der Waals surface area contributed by atoms with Crippen molar-refractivity contribution < 1.29 is 13.6 Å². The van der Waals surface area contributed by atoms with E-state index in [4.69, 9.17) is 5.73 Å². The molecule has 0 bridgehead atoms. The molecule has 94 valence electrons. The minimum atomic E-state index is -0.630. The molecule has 1 aromatic rings. The molecular formula is C12H16F2N2O. The molecule has 1 rings (SSSR count). The van der Waals surface area contributed by atoms with E-state index in [-0.39, 0.29) is 11.5 Å². The largest absolute Gasteiger partial charge is 0.348 e. The van der Waals surface area contributed by atoms with Crippen LogP contribution in [0.3, 0.4) is 0 Å². The zero-order valence-corrected chi connectivity index (χ0v) is 9.84. The highest BCUT2D eigenvalue weighted by Crippen LogP contribution is 2.17. The van der Waals surface area contributed by atoms with Gasteiger partial charge in [0.25, 0.3) is 0 Å². The van der Waals surface area contributed by atoms with Gasteiger partial charge in [-0.25, -0.2) is 8.78 Å². The Hall–Kier alpha value is -1.49. The first-order valence-electron chi connectivity index (χ1n) is 5.46. The molecule has 0 fully saturated rings. The molecule has 0 spiro atoms. The molecule has 3 N–H and O–H groups in total. The average Bonchev–Trinajstić information content (AvgIpc) is 2.30. The van der Waals surface area contributed by atoms with Gasteiger partial charge in [-0.2, -0.15) is 0 Å². The lowest BCUT2D eigenvalue weighted by Crippen LogP contribution is -2.41. The van der Waals surface area contributed by atoms with Crippen molar-refractivity contribution in [1.82, 2.24) is 5.32 Å². The molecule has 2 atom stereocenters. The highest BCUT2D eigenvalue weighted by Gasteiger charge is 2.17.